The van der Waals surface area contributed by atoms with Gasteiger partial charge < -0.3 is 30.9 Å². The summed E-state index contributed by atoms with van der Waals surface area (Å²) >= 11 is 0. The van der Waals surface area contributed by atoms with Crippen molar-refractivity contribution in [2.24, 2.45) is 5.73 Å². The molecule has 0 aliphatic carbocycles. The third-order valence-corrected chi connectivity index (χ3v) is 4.28. The molecule has 1 aliphatic heterocycles. The van der Waals surface area contributed by atoms with Crippen LogP contribution in [-0.2, 0) is 9.53 Å². The lowest BCUT2D eigenvalue weighted by molar-refractivity contribution is -0.123. The van der Waals surface area contributed by atoms with Crippen molar-refractivity contribution in [1.29, 1.82) is 0 Å². The number of aliphatic hydroxyl groups is 4. The average molecular weight is 383 g/mol. The number of aromatic nitrogens is 4. The highest BCUT2D eigenvalue weighted by atomic mass is 16.6. The summed E-state index contributed by atoms with van der Waals surface area (Å²) in [5, 5.41) is 38.6. The summed E-state index contributed by atoms with van der Waals surface area (Å²) < 4.78 is 6.85. The molecule has 0 bridgehead atoms. The summed E-state index contributed by atoms with van der Waals surface area (Å²) in [6, 6.07) is -1.13. The Balaban J connectivity index is 1.82. The molecule has 1 aliphatic rings. The van der Waals surface area contributed by atoms with Crippen molar-refractivity contribution in [1.82, 2.24) is 24.9 Å². The van der Waals surface area contributed by atoms with Crippen LogP contribution in [0.25, 0.3) is 11.2 Å². The molecule has 0 aromatic carbocycles. The van der Waals surface area contributed by atoms with E-state index < -0.39 is 49.2 Å². The number of hydrogen-bond acceptors (Lipinski definition) is 11. The lowest BCUT2D eigenvalue weighted by Crippen LogP contribution is -2.49. The molecule has 1 amide bonds. The Labute approximate surface area is 152 Å². The van der Waals surface area contributed by atoms with E-state index in [2.05, 4.69) is 25.8 Å². The van der Waals surface area contributed by atoms with E-state index in [1.54, 1.807) is 0 Å². The Hall–Kier alpha value is -2.42. The fourth-order valence-corrected chi connectivity index (χ4v) is 2.66. The van der Waals surface area contributed by atoms with Crippen molar-refractivity contribution in [3.8, 4) is 0 Å². The van der Waals surface area contributed by atoms with Gasteiger partial charge >= 0.3 is 0 Å². The minimum Gasteiger partial charge on any atom is -0.394 e. The molecular formula is C14H21N7O6. The van der Waals surface area contributed by atoms with E-state index in [-0.39, 0.29) is 17.0 Å². The van der Waals surface area contributed by atoms with E-state index in [1.807, 2.05) is 0 Å². The number of hydrazine groups is 1. The van der Waals surface area contributed by atoms with Crippen LogP contribution in [-0.4, -0.2) is 82.9 Å². The van der Waals surface area contributed by atoms with Gasteiger partial charge in [-0.3, -0.25) is 20.2 Å². The zero-order valence-corrected chi connectivity index (χ0v) is 14.3. The van der Waals surface area contributed by atoms with E-state index in [0.717, 1.165) is 0 Å². The lowest BCUT2D eigenvalue weighted by Gasteiger charge is -2.17. The molecule has 27 heavy (non-hydrogen) atoms. The summed E-state index contributed by atoms with van der Waals surface area (Å²) in [4.78, 5) is 24.0. The first kappa shape index (κ1) is 19.3. The number of nitrogens with two attached hydrogens (primary N) is 1. The van der Waals surface area contributed by atoms with E-state index in [1.165, 1.54) is 24.1 Å². The van der Waals surface area contributed by atoms with E-state index in [4.69, 9.17) is 10.5 Å². The minimum atomic E-state index is -1.30. The van der Waals surface area contributed by atoms with Crippen LogP contribution in [0.5, 0.6) is 0 Å². The molecule has 148 valence electrons. The zero-order chi connectivity index (χ0) is 19.7. The number of nitrogens with zero attached hydrogens (tertiary/aromatic N) is 4. The van der Waals surface area contributed by atoms with Crippen molar-refractivity contribution in [3.05, 3.63) is 12.7 Å². The second-order valence-electron chi connectivity index (χ2n) is 6.16. The minimum absolute atomic E-state index is 0.150. The predicted molar refractivity (Wildman–Crippen MR) is 89.8 cm³/mol. The van der Waals surface area contributed by atoms with E-state index in [0.29, 0.717) is 0 Å². The fraction of sp³-hybridized carbons (Fsp3) is 0.571. The Morgan fingerprint density at radius 1 is 1.37 bits per heavy atom. The van der Waals surface area contributed by atoms with Crippen LogP contribution in [0.2, 0.25) is 0 Å². The lowest BCUT2D eigenvalue weighted by atomic mass is 10.1. The van der Waals surface area contributed by atoms with Crippen LogP contribution < -0.4 is 16.6 Å². The molecule has 0 saturated carbocycles. The maximum atomic E-state index is 11.8. The number of aliphatic hydroxyl groups excluding tert-OH is 4. The van der Waals surface area contributed by atoms with Crippen LogP contribution >= 0.6 is 0 Å². The Bertz CT molecular complexity index is 814. The maximum Gasteiger partial charge on any atom is 0.257 e. The number of fused-ring (bicyclic) bond motifs is 1. The number of carbonyl (C=O) groups excluding carboxylic acids is 1. The van der Waals surface area contributed by atoms with Crippen LogP contribution in [0, 0.1) is 0 Å². The van der Waals surface area contributed by atoms with Crippen LogP contribution in [0.3, 0.4) is 0 Å². The number of hydrogen-bond donors (Lipinski definition) is 7. The first-order valence-electron chi connectivity index (χ1n) is 8.14. The molecule has 1 fully saturated rings. The van der Waals surface area contributed by atoms with Crippen LogP contribution in [0.1, 0.15) is 13.2 Å². The fourth-order valence-electron chi connectivity index (χ4n) is 2.66. The zero-order valence-electron chi connectivity index (χ0n) is 14.3. The largest absolute Gasteiger partial charge is 0.394 e. The second-order valence-corrected chi connectivity index (χ2v) is 6.16. The van der Waals surface area contributed by atoms with Gasteiger partial charge in [0.25, 0.3) is 5.91 Å². The van der Waals surface area contributed by atoms with E-state index >= 15 is 0 Å². The summed E-state index contributed by atoms with van der Waals surface area (Å²) in [6.45, 7) is 0.925. The third-order valence-electron chi connectivity index (χ3n) is 4.28. The molecular weight excluding hydrogens is 362 g/mol. The highest BCUT2D eigenvalue weighted by molar-refractivity contribution is 5.86. The SMILES string of the molecule is C[C@@H](O)[C@H](N)C(=O)NNc1ncnc2c1ncn2[C@@H]1O[C@H](CO)[C@@H](O)[C@H]1O. The highest BCUT2D eigenvalue weighted by Crippen LogP contribution is 2.31. The molecule has 2 aromatic rings. The van der Waals surface area contributed by atoms with Crippen LogP contribution in [0.15, 0.2) is 12.7 Å². The summed E-state index contributed by atoms with van der Waals surface area (Å²) in [5.41, 5.74) is 10.9. The number of anilines is 1. The van der Waals surface area contributed by atoms with Crippen molar-refractivity contribution in [3.63, 3.8) is 0 Å². The molecule has 3 rings (SSSR count). The van der Waals surface area contributed by atoms with Gasteiger partial charge in [-0.2, -0.15) is 0 Å². The summed E-state index contributed by atoms with van der Waals surface area (Å²) in [6.07, 6.45) is -3.03. The second kappa shape index (κ2) is 7.67. The molecule has 0 spiro atoms. The summed E-state index contributed by atoms with van der Waals surface area (Å²) in [7, 11) is 0. The average Bonchev–Trinajstić information content (AvgIpc) is 3.20. The Morgan fingerprint density at radius 3 is 2.74 bits per heavy atom. The topological polar surface area (TPSA) is 201 Å². The number of imidazole rings is 1. The van der Waals surface area contributed by atoms with Gasteiger partial charge in [-0.25, -0.2) is 15.0 Å². The smallest absolute Gasteiger partial charge is 0.257 e. The van der Waals surface area contributed by atoms with Gasteiger partial charge in [0.1, 0.15) is 30.7 Å². The van der Waals surface area contributed by atoms with Gasteiger partial charge in [-0.05, 0) is 6.92 Å². The van der Waals surface area contributed by atoms with Crippen LogP contribution in [0.4, 0.5) is 5.82 Å². The van der Waals surface area contributed by atoms with Gasteiger partial charge in [0.05, 0.1) is 19.0 Å². The number of rotatable bonds is 6. The quantitative estimate of drug-likeness (QED) is 0.245. The number of ether oxygens (including phenoxy) is 1. The van der Waals surface area contributed by atoms with Gasteiger partial charge in [-0.15, -0.1) is 0 Å². The number of nitrogens with one attached hydrogen (secondary N) is 2. The molecule has 13 nitrogen and oxygen atoms in total. The van der Waals surface area contributed by atoms with E-state index in [9.17, 15) is 25.2 Å². The van der Waals surface area contributed by atoms with Gasteiger partial charge in [0, 0.05) is 0 Å². The van der Waals surface area contributed by atoms with Gasteiger partial charge in [-0.1, -0.05) is 0 Å². The highest BCUT2D eigenvalue weighted by Gasteiger charge is 2.44. The summed E-state index contributed by atoms with van der Waals surface area (Å²) in [5.74, 6) is -0.503. The molecule has 0 radical (unpaired) electrons. The Kier molecular flexibility index (Phi) is 5.50. The molecule has 8 N–H and O–H groups in total. The van der Waals surface area contributed by atoms with Crippen molar-refractivity contribution in [2.75, 3.05) is 12.0 Å². The predicted octanol–water partition coefficient (Wildman–Crippen LogP) is -3.41. The van der Waals surface area contributed by atoms with Gasteiger partial charge in [0.2, 0.25) is 0 Å². The Morgan fingerprint density at radius 2 is 2.11 bits per heavy atom. The van der Waals surface area contributed by atoms with Crippen molar-refractivity contribution >= 4 is 22.9 Å². The molecule has 3 heterocycles. The maximum absolute atomic E-state index is 11.8. The normalized spacial score (nSPS) is 27.5. The molecule has 0 unspecified atom stereocenters. The van der Waals surface area contributed by atoms with Gasteiger partial charge in [0.15, 0.2) is 23.2 Å². The molecule has 13 heteroatoms. The monoisotopic (exact) mass is 383 g/mol. The standard InChI is InChI=1S/C14H21N7O6/c1-5(23)7(15)13(26)20-19-11-8-12(17-3-16-11)21(4-18-8)14-10(25)9(24)6(2-22)27-14/h3-7,9-10,14,22-25H,2,15H2,1H3,(H,20,26)(H,16,17,19)/t5-,6-,7+,9-,10-,14-/m1/s1. The molecule has 6 atom stereocenters. The first-order chi connectivity index (χ1) is 12.8. The van der Waals surface area contributed by atoms with Crippen molar-refractivity contribution < 1.29 is 30.0 Å². The molecule has 2 aromatic heterocycles. The molecule has 1 saturated heterocycles. The van der Waals surface area contributed by atoms with Crippen molar-refractivity contribution in [2.45, 2.75) is 43.6 Å². The first-order valence-corrected chi connectivity index (χ1v) is 8.14. The number of amides is 1. The third kappa shape index (κ3) is 3.55. The number of carbonyl (C=O) groups is 1.